The Labute approximate surface area is 70.9 Å². The van der Waals surface area contributed by atoms with Gasteiger partial charge in [-0.2, -0.15) is 0 Å². The second-order valence-electron chi connectivity index (χ2n) is 2.41. The molecule has 4 heteroatoms. The van der Waals surface area contributed by atoms with Gasteiger partial charge in [0.15, 0.2) is 0 Å². The summed E-state index contributed by atoms with van der Waals surface area (Å²) in [6, 6.07) is 0. The van der Waals surface area contributed by atoms with Crippen molar-refractivity contribution in [2.75, 3.05) is 20.2 Å². The fourth-order valence-corrected chi connectivity index (χ4v) is 2.39. The minimum atomic E-state index is 0.392. The summed E-state index contributed by atoms with van der Waals surface area (Å²) in [6.07, 6.45) is 1.50. The first kappa shape index (κ1) is 8.71. The Morgan fingerprint density at radius 3 is 3.00 bits per heavy atom. The molecule has 1 N–H and O–H groups in total. The monoisotopic (exact) mass is 179 g/mol. The van der Waals surface area contributed by atoms with Crippen molar-refractivity contribution >= 4 is 22.5 Å². The molecule has 1 aliphatic heterocycles. The standard InChI is InChI=1S/C6H13NOS2/c1-8-5-2-3-7-4-6(5)10-9/h5-7,9H,2-4H2,1H3/t5-,6-/m1/s1. The van der Waals surface area contributed by atoms with E-state index in [0.717, 1.165) is 19.5 Å². The van der Waals surface area contributed by atoms with Crippen molar-refractivity contribution in [1.29, 1.82) is 0 Å². The first-order chi connectivity index (χ1) is 4.88. The van der Waals surface area contributed by atoms with Gasteiger partial charge in [0.1, 0.15) is 0 Å². The first-order valence-electron chi connectivity index (χ1n) is 3.42. The Balaban J connectivity index is 2.34. The molecule has 0 unspecified atom stereocenters. The molecule has 0 bridgehead atoms. The number of rotatable bonds is 2. The summed E-state index contributed by atoms with van der Waals surface area (Å²) in [5.74, 6) is 0. The van der Waals surface area contributed by atoms with Crippen molar-refractivity contribution in [2.45, 2.75) is 17.8 Å². The molecule has 0 aromatic heterocycles. The fraction of sp³-hybridized carbons (Fsp3) is 1.00. The number of ether oxygens (including phenoxy) is 1. The molecule has 1 saturated heterocycles. The molecule has 60 valence electrons. The van der Waals surface area contributed by atoms with E-state index in [0.29, 0.717) is 11.4 Å². The summed E-state index contributed by atoms with van der Waals surface area (Å²) in [6.45, 7) is 2.09. The van der Waals surface area contributed by atoms with Crippen molar-refractivity contribution < 1.29 is 4.74 Å². The molecule has 2 nitrogen and oxygen atoms in total. The zero-order chi connectivity index (χ0) is 7.40. The molecule has 1 heterocycles. The largest absolute Gasteiger partial charge is 0.380 e. The molecule has 0 aromatic rings. The van der Waals surface area contributed by atoms with E-state index in [1.165, 1.54) is 0 Å². The third-order valence-electron chi connectivity index (χ3n) is 1.80. The van der Waals surface area contributed by atoms with Crippen molar-refractivity contribution in [3.63, 3.8) is 0 Å². The van der Waals surface area contributed by atoms with Gasteiger partial charge in [-0.1, -0.05) is 10.8 Å². The van der Waals surface area contributed by atoms with Crippen LogP contribution in [0.25, 0.3) is 0 Å². The molecule has 2 atom stereocenters. The summed E-state index contributed by atoms with van der Waals surface area (Å²) in [5, 5.41) is 3.82. The van der Waals surface area contributed by atoms with Crippen molar-refractivity contribution in [1.82, 2.24) is 5.32 Å². The van der Waals surface area contributed by atoms with E-state index < -0.39 is 0 Å². The normalized spacial score (nSPS) is 34.2. The molecule has 1 rings (SSSR count). The highest BCUT2D eigenvalue weighted by Gasteiger charge is 2.23. The van der Waals surface area contributed by atoms with Crippen molar-refractivity contribution in [3.8, 4) is 0 Å². The van der Waals surface area contributed by atoms with E-state index in [2.05, 4.69) is 17.0 Å². The van der Waals surface area contributed by atoms with Crippen LogP contribution in [0.15, 0.2) is 0 Å². The van der Waals surface area contributed by atoms with Gasteiger partial charge in [-0.05, 0) is 13.0 Å². The maximum absolute atomic E-state index is 5.28. The number of nitrogens with one attached hydrogen (secondary N) is 1. The molecule has 0 spiro atoms. The molecule has 10 heavy (non-hydrogen) atoms. The Bertz CT molecular complexity index is 89.7. The van der Waals surface area contributed by atoms with Crippen LogP contribution in [0.4, 0.5) is 0 Å². The summed E-state index contributed by atoms with van der Waals surface area (Å²) < 4.78 is 5.28. The second-order valence-corrected chi connectivity index (χ2v) is 3.86. The number of hydrogen-bond acceptors (Lipinski definition) is 4. The minimum Gasteiger partial charge on any atom is -0.380 e. The predicted molar refractivity (Wildman–Crippen MR) is 48.6 cm³/mol. The van der Waals surface area contributed by atoms with E-state index in [1.807, 2.05) is 0 Å². The van der Waals surface area contributed by atoms with Gasteiger partial charge >= 0.3 is 0 Å². The van der Waals surface area contributed by atoms with Crippen LogP contribution in [-0.4, -0.2) is 31.6 Å². The molecular weight excluding hydrogens is 166 g/mol. The van der Waals surface area contributed by atoms with Crippen LogP contribution in [0.3, 0.4) is 0 Å². The lowest BCUT2D eigenvalue weighted by Crippen LogP contribution is -2.42. The summed E-state index contributed by atoms with van der Waals surface area (Å²) in [7, 11) is 3.36. The van der Waals surface area contributed by atoms with Gasteiger partial charge in [-0.25, -0.2) is 0 Å². The van der Waals surface area contributed by atoms with E-state index in [9.17, 15) is 0 Å². The van der Waals surface area contributed by atoms with Gasteiger partial charge in [0.05, 0.1) is 11.4 Å². The van der Waals surface area contributed by atoms with Crippen LogP contribution < -0.4 is 5.32 Å². The van der Waals surface area contributed by atoms with Gasteiger partial charge in [-0.15, -0.1) is 11.7 Å². The number of methoxy groups -OCH3 is 1. The van der Waals surface area contributed by atoms with Gasteiger partial charge in [-0.3, -0.25) is 0 Å². The Morgan fingerprint density at radius 1 is 1.70 bits per heavy atom. The number of thiol groups is 1. The summed E-state index contributed by atoms with van der Waals surface area (Å²) >= 11 is 4.17. The van der Waals surface area contributed by atoms with Crippen LogP contribution in [-0.2, 0) is 4.74 Å². The SMILES string of the molecule is CO[C@@H]1CCNC[C@H]1SS. The highest BCUT2D eigenvalue weighted by molar-refractivity contribution is 8.68. The van der Waals surface area contributed by atoms with Crippen LogP contribution in [0.2, 0.25) is 0 Å². The average Bonchev–Trinajstić information content (AvgIpc) is 2.04. The van der Waals surface area contributed by atoms with Crippen LogP contribution in [0.1, 0.15) is 6.42 Å². The van der Waals surface area contributed by atoms with Gasteiger partial charge in [0.2, 0.25) is 0 Å². The maximum Gasteiger partial charge on any atom is 0.0722 e. The van der Waals surface area contributed by atoms with E-state index >= 15 is 0 Å². The molecular formula is C6H13NOS2. The predicted octanol–water partition coefficient (Wildman–Crippen LogP) is 0.941. The zero-order valence-corrected chi connectivity index (χ0v) is 7.75. The van der Waals surface area contributed by atoms with Crippen LogP contribution in [0, 0.1) is 0 Å². The lowest BCUT2D eigenvalue weighted by atomic mass is 10.1. The smallest absolute Gasteiger partial charge is 0.0722 e. The Morgan fingerprint density at radius 2 is 2.50 bits per heavy atom. The Kier molecular flexibility index (Phi) is 3.91. The van der Waals surface area contributed by atoms with Gasteiger partial charge in [0, 0.05) is 13.7 Å². The zero-order valence-electron chi connectivity index (χ0n) is 6.04. The first-order valence-corrected chi connectivity index (χ1v) is 5.35. The topological polar surface area (TPSA) is 21.3 Å². The van der Waals surface area contributed by atoms with Gasteiger partial charge < -0.3 is 10.1 Å². The highest BCUT2D eigenvalue weighted by atomic mass is 33.1. The molecule has 0 aromatic carbocycles. The number of piperidine rings is 1. The van der Waals surface area contributed by atoms with E-state index in [-0.39, 0.29) is 0 Å². The molecule has 0 radical (unpaired) electrons. The lowest BCUT2D eigenvalue weighted by molar-refractivity contribution is 0.0820. The highest BCUT2D eigenvalue weighted by Crippen LogP contribution is 2.23. The Hall–Kier alpha value is 0.620. The van der Waals surface area contributed by atoms with Crippen molar-refractivity contribution in [2.24, 2.45) is 0 Å². The minimum absolute atomic E-state index is 0.392. The third-order valence-corrected chi connectivity index (χ3v) is 3.36. The van der Waals surface area contributed by atoms with Crippen LogP contribution in [0.5, 0.6) is 0 Å². The van der Waals surface area contributed by atoms with E-state index in [1.54, 1.807) is 17.9 Å². The van der Waals surface area contributed by atoms with E-state index in [4.69, 9.17) is 4.74 Å². The summed E-state index contributed by atoms with van der Waals surface area (Å²) in [4.78, 5) is 0. The molecule has 0 saturated carbocycles. The number of hydrogen-bond donors (Lipinski definition) is 2. The molecule has 1 aliphatic rings. The average molecular weight is 179 g/mol. The molecule has 0 amide bonds. The van der Waals surface area contributed by atoms with Crippen molar-refractivity contribution in [3.05, 3.63) is 0 Å². The third kappa shape index (κ3) is 2.05. The lowest BCUT2D eigenvalue weighted by Gasteiger charge is -2.28. The van der Waals surface area contributed by atoms with Gasteiger partial charge in [0.25, 0.3) is 0 Å². The molecule has 1 fully saturated rings. The summed E-state index contributed by atoms with van der Waals surface area (Å²) in [5.41, 5.74) is 0. The quantitative estimate of drug-likeness (QED) is 0.487. The van der Waals surface area contributed by atoms with Crippen LogP contribution >= 0.6 is 22.5 Å². The molecule has 0 aliphatic carbocycles. The second kappa shape index (κ2) is 4.49. The maximum atomic E-state index is 5.28. The fourth-order valence-electron chi connectivity index (χ4n) is 1.18.